The van der Waals surface area contributed by atoms with Crippen LogP contribution in [-0.2, 0) is 14.3 Å². The van der Waals surface area contributed by atoms with E-state index in [1.807, 2.05) is 6.92 Å². The van der Waals surface area contributed by atoms with E-state index in [4.69, 9.17) is 0 Å². The molecule has 3 heteroatoms. The zero-order valence-electron chi connectivity index (χ0n) is 6.79. The quantitative estimate of drug-likeness (QED) is 0.347. The fourth-order valence-electron chi connectivity index (χ4n) is 0.523. The molecule has 0 heterocycles. The van der Waals surface area contributed by atoms with Gasteiger partial charge in [-0.05, 0) is 12.5 Å². The molecule has 11 heavy (non-hydrogen) atoms. The molecule has 0 aliphatic rings. The highest BCUT2D eigenvalue weighted by atomic mass is 16.5. The number of methoxy groups -OCH3 is 1. The zero-order valence-corrected chi connectivity index (χ0v) is 6.79. The van der Waals surface area contributed by atoms with Crippen molar-refractivity contribution in [2.24, 2.45) is 0 Å². The summed E-state index contributed by atoms with van der Waals surface area (Å²) in [5.41, 5.74) is 0. The average Bonchev–Trinajstić information content (AvgIpc) is 2.00. The maximum Gasteiger partial charge on any atom is 0.313 e. The van der Waals surface area contributed by atoms with Crippen LogP contribution in [0.25, 0.3) is 0 Å². The normalized spacial score (nSPS) is 10.0. The number of ether oxygens (including phenoxy) is 1. The first-order valence-corrected chi connectivity index (χ1v) is 3.47. The van der Waals surface area contributed by atoms with Crippen LogP contribution in [0.15, 0.2) is 12.2 Å². The van der Waals surface area contributed by atoms with Crippen LogP contribution >= 0.6 is 0 Å². The molecule has 0 amide bonds. The monoisotopic (exact) mass is 156 g/mol. The van der Waals surface area contributed by atoms with Gasteiger partial charge in [0.25, 0.3) is 0 Å². The predicted octanol–water partition coefficient (Wildman–Crippen LogP) is 1.08. The molecule has 0 aliphatic carbocycles. The van der Waals surface area contributed by atoms with Gasteiger partial charge in [-0.1, -0.05) is 13.0 Å². The van der Waals surface area contributed by atoms with E-state index in [0.717, 1.165) is 6.42 Å². The molecule has 0 aliphatic heterocycles. The molecule has 0 fully saturated rings. The van der Waals surface area contributed by atoms with E-state index in [9.17, 15) is 9.59 Å². The molecule has 0 atom stereocenters. The highest BCUT2D eigenvalue weighted by molar-refractivity contribution is 6.01. The number of ketones is 1. The number of hydrogen-bond acceptors (Lipinski definition) is 3. The molecule has 62 valence electrons. The van der Waals surface area contributed by atoms with Gasteiger partial charge >= 0.3 is 5.97 Å². The maximum absolute atomic E-state index is 10.8. The SMILES string of the molecule is CCC=CC(=O)CC(=O)OC. The van der Waals surface area contributed by atoms with Crippen LogP contribution in [0, 0.1) is 0 Å². The average molecular weight is 156 g/mol. The molecule has 0 aromatic rings. The highest BCUT2D eigenvalue weighted by Crippen LogP contribution is 1.89. The van der Waals surface area contributed by atoms with Gasteiger partial charge in [-0.15, -0.1) is 0 Å². The topological polar surface area (TPSA) is 43.4 Å². The Kier molecular flexibility index (Phi) is 5.07. The van der Waals surface area contributed by atoms with Gasteiger partial charge in [-0.25, -0.2) is 0 Å². The third-order valence-corrected chi connectivity index (χ3v) is 1.09. The largest absolute Gasteiger partial charge is 0.469 e. The van der Waals surface area contributed by atoms with Crippen molar-refractivity contribution in [2.45, 2.75) is 19.8 Å². The maximum atomic E-state index is 10.8. The number of rotatable bonds is 4. The van der Waals surface area contributed by atoms with E-state index in [1.165, 1.54) is 13.2 Å². The van der Waals surface area contributed by atoms with Gasteiger partial charge in [0.15, 0.2) is 5.78 Å². The molecule has 0 N–H and O–H groups in total. The van der Waals surface area contributed by atoms with Crippen molar-refractivity contribution in [3.63, 3.8) is 0 Å². The van der Waals surface area contributed by atoms with Crippen LogP contribution in [-0.4, -0.2) is 18.9 Å². The Labute approximate surface area is 66.0 Å². The zero-order chi connectivity index (χ0) is 8.69. The molecule has 3 nitrogen and oxygen atoms in total. The van der Waals surface area contributed by atoms with Crippen LogP contribution in [0.2, 0.25) is 0 Å². The summed E-state index contributed by atoms with van der Waals surface area (Å²) in [6.07, 6.45) is 3.75. The third kappa shape index (κ3) is 5.33. The second-order valence-corrected chi connectivity index (χ2v) is 2.03. The molecule has 0 aromatic heterocycles. The summed E-state index contributed by atoms with van der Waals surface area (Å²) in [6, 6.07) is 0. The summed E-state index contributed by atoms with van der Waals surface area (Å²) in [5.74, 6) is -0.700. The van der Waals surface area contributed by atoms with E-state index >= 15 is 0 Å². The molecule has 0 saturated heterocycles. The molecule has 0 aromatic carbocycles. The summed E-state index contributed by atoms with van der Waals surface area (Å²) < 4.78 is 4.31. The predicted molar refractivity (Wildman–Crippen MR) is 41.1 cm³/mol. The van der Waals surface area contributed by atoms with Gasteiger partial charge in [-0.2, -0.15) is 0 Å². The van der Waals surface area contributed by atoms with E-state index in [0.29, 0.717) is 0 Å². The lowest BCUT2D eigenvalue weighted by Gasteiger charge is -1.92. The Balaban J connectivity index is 3.69. The first kappa shape index (κ1) is 9.88. The van der Waals surface area contributed by atoms with Crippen molar-refractivity contribution < 1.29 is 14.3 Å². The van der Waals surface area contributed by atoms with Crippen LogP contribution in [0.3, 0.4) is 0 Å². The van der Waals surface area contributed by atoms with Crippen LogP contribution in [0.5, 0.6) is 0 Å². The number of carbonyl (C=O) groups is 2. The van der Waals surface area contributed by atoms with Crippen molar-refractivity contribution in [1.29, 1.82) is 0 Å². The van der Waals surface area contributed by atoms with Crippen molar-refractivity contribution >= 4 is 11.8 Å². The minimum Gasteiger partial charge on any atom is -0.469 e. The standard InChI is InChI=1S/C8H12O3/c1-3-4-5-7(9)6-8(10)11-2/h4-5H,3,6H2,1-2H3. The van der Waals surface area contributed by atoms with Crippen LogP contribution in [0.1, 0.15) is 19.8 Å². The third-order valence-electron chi connectivity index (χ3n) is 1.09. The summed E-state index contributed by atoms with van der Waals surface area (Å²) in [7, 11) is 1.26. The van der Waals surface area contributed by atoms with Gasteiger partial charge < -0.3 is 4.74 Å². The van der Waals surface area contributed by atoms with Gasteiger partial charge in [-0.3, -0.25) is 9.59 Å². The van der Waals surface area contributed by atoms with E-state index in [2.05, 4.69) is 4.74 Å². The first-order valence-electron chi connectivity index (χ1n) is 3.47. The van der Waals surface area contributed by atoms with Gasteiger partial charge in [0.05, 0.1) is 7.11 Å². The molecule has 0 saturated carbocycles. The number of esters is 1. The minimum atomic E-state index is -0.490. The lowest BCUT2D eigenvalue weighted by molar-refractivity contribution is -0.142. The Morgan fingerprint density at radius 1 is 1.45 bits per heavy atom. The Morgan fingerprint density at radius 3 is 2.55 bits per heavy atom. The first-order chi connectivity index (χ1) is 5.20. The summed E-state index contributed by atoms with van der Waals surface area (Å²) in [5, 5.41) is 0. The van der Waals surface area contributed by atoms with Crippen molar-refractivity contribution in [3.05, 3.63) is 12.2 Å². The van der Waals surface area contributed by atoms with Crippen molar-refractivity contribution in [2.75, 3.05) is 7.11 Å². The molecule has 0 unspecified atom stereocenters. The smallest absolute Gasteiger partial charge is 0.313 e. The second kappa shape index (κ2) is 5.65. The number of allylic oxidation sites excluding steroid dienone is 2. The van der Waals surface area contributed by atoms with Gasteiger partial charge in [0, 0.05) is 0 Å². The summed E-state index contributed by atoms with van der Waals surface area (Å²) >= 11 is 0. The molecular formula is C8H12O3. The number of carbonyl (C=O) groups excluding carboxylic acids is 2. The van der Waals surface area contributed by atoms with E-state index in [1.54, 1.807) is 6.08 Å². The lowest BCUT2D eigenvalue weighted by Crippen LogP contribution is -2.06. The molecular weight excluding hydrogens is 144 g/mol. The van der Waals surface area contributed by atoms with E-state index < -0.39 is 5.97 Å². The van der Waals surface area contributed by atoms with Gasteiger partial charge in [0.2, 0.25) is 0 Å². The van der Waals surface area contributed by atoms with E-state index in [-0.39, 0.29) is 12.2 Å². The second-order valence-electron chi connectivity index (χ2n) is 2.03. The fourth-order valence-corrected chi connectivity index (χ4v) is 0.523. The molecule has 0 bridgehead atoms. The van der Waals surface area contributed by atoms with Crippen LogP contribution in [0.4, 0.5) is 0 Å². The summed E-state index contributed by atoms with van der Waals surface area (Å²) in [4.78, 5) is 21.3. The van der Waals surface area contributed by atoms with Gasteiger partial charge in [0.1, 0.15) is 6.42 Å². The van der Waals surface area contributed by atoms with Crippen molar-refractivity contribution in [3.8, 4) is 0 Å². The number of hydrogen-bond donors (Lipinski definition) is 0. The molecule has 0 rings (SSSR count). The lowest BCUT2D eigenvalue weighted by atomic mass is 10.2. The minimum absolute atomic E-state index is 0.160. The Hall–Kier alpha value is -1.12. The fraction of sp³-hybridized carbons (Fsp3) is 0.500. The van der Waals surface area contributed by atoms with Crippen LogP contribution < -0.4 is 0 Å². The Bertz CT molecular complexity index is 170. The molecule has 0 spiro atoms. The highest BCUT2D eigenvalue weighted by Gasteiger charge is 2.04. The molecule has 0 radical (unpaired) electrons. The Morgan fingerprint density at radius 2 is 2.09 bits per heavy atom. The summed E-state index contributed by atoms with van der Waals surface area (Å²) in [6.45, 7) is 1.92. The van der Waals surface area contributed by atoms with Crippen molar-refractivity contribution in [1.82, 2.24) is 0 Å².